The van der Waals surface area contributed by atoms with Crippen LogP contribution in [-0.4, -0.2) is 17.5 Å². The van der Waals surface area contributed by atoms with Gasteiger partial charge in [-0.15, -0.1) is 0 Å². The van der Waals surface area contributed by atoms with Crippen LogP contribution in [0.2, 0.25) is 0 Å². The maximum Gasteiger partial charge on any atom is 0.251 e. The smallest absolute Gasteiger partial charge is 0.251 e. The summed E-state index contributed by atoms with van der Waals surface area (Å²) in [5, 5.41) is 3.45. The monoisotopic (exact) mass is 550 g/mol. The first-order valence-corrected chi connectivity index (χ1v) is 13.2. The summed E-state index contributed by atoms with van der Waals surface area (Å²) in [4.78, 5) is 45.0. The number of Topliss-reactive ketones (excluding diaryl/α,β-unsaturated/α-hetero) is 2. The first kappa shape index (κ1) is 22.4. The number of carbonyl (C=O) groups excluding carboxylic acids is 3. The zero-order chi connectivity index (χ0) is 25.7. The van der Waals surface area contributed by atoms with Gasteiger partial charge in [-0.05, 0) is 42.2 Å². The number of nitrogens with zero attached hydrogens (tertiary/aromatic N) is 1. The van der Waals surface area contributed by atoms with Crippen molar-refractivity contribution in [1.82, 2.24) is 0 Å². The van der Waals surface area contributed by atoms with Crippen LogP contribution >= 0.6 is 15.9 Å². The zero-order valence-corrected chi connectivity index (χ0v) is 22.0. The molecule has 37 heavy (non-hydrogen) atoms. The summed E-state index contributed by atoms with van der Waals surface area (Å²) < 4.78 is 0.894. The van der Waals surface area contributed by atoms with Crippen LogP contribution in [-0.2, 0) is 15.0 Å². The van der Waals surface area contributed by atoms with Crippen molar-refractivity contribution >= 4 is 50.5 Å². The molecule has 3 aromatic carbocycles. The van der Waals surface area contributed by atoms with Gasteiger partial charge in [0.2, 0.25) is 0 Å². The number of amides is 1. The number of halogens is 1. The van der Waals surface area contributed by atoms with Crippen LogP contribution in [0, 0.1) is 5.41 Å². The first-order valence-electron chi connectivity index (χ1n) is 12.4. The number of hydrogen-bond donors (Lipinski definition) is 1. The molecule has 2 aliphatic carbocycles. The molecular formula is C31H23BrN2O3. The highest BCUT2D eigenvalue weighted by Crippen LogP contribution is 2.61. The summed E-state index contributed by atoms with van der Waals surface area (Å²) in [6.45, 7) is 4.11. The van der Waals surface area contributed by atoms with E-state index in [-0.39, 0.29) is 22.9 Å². The Bertz CT molecular complexity index is 1650. The third kappa shape index (κ3) is 2.82. The predicted molar refractivity (Wildman–Crippen MR) is 146 cm³/mol. The van der Waals surface area contributed by atoms with E-state index in [0.29, 0.717) is 52.2 Å². The van der Waals surface area contributed by atoms with Gasteiger partial charge in [0.25, 0.3) is 5.91 Å². The molecule has 182 valence electrons. The second-order valence-electron chi connectivity index (χ2n) is 10.9. The summed E-state index contributed by atoms with van der Waals surface area (Å²) >= 11 is 3.49. The molecule has 1 unspecified atom stereocenters. The second kappa shape index (κ2) is 7.39. The Kier molecular flexibility index (Phi) is 4.48. The minimum absolute atomic E-state index is 0.0773. The third-order valence-corrected chi connectivity index (χ3v) is 8.52. The van der Waals surface area contributed by atoms with E-state index in [9.17, 15) is 14.4 Å². The van der Waals surface area contributed by atoms with Crippen molar-refractivity contribution in [2.75, 3.05) is 10.2 Å². The molecule has 2 aliphatic heterocycles. The Labute approximate surface area is 223 Å². The van der Waals surface area contributed by atoms with Crippen molar-refractivity contribution in [2.24, 2.45) is 5.41 Å². The van der Waals surface area contributed by atoms with E-state index < -0.39 is 5.41 Å². The molecule has 1 spiro atoms. The van der Waals surface area contributed by atoms with Crippen LogP contribution < -0.4 is 10.2 Å². The average Bonchev–Trinajstić information content (AvgIpc) is 3.29. The van der Waals surface area contributed by atoms with E-state index in [4.69, 9.17) is 0 Å². The molecule has 1 atom stereocenters. The molecule has 7 rings (SSSR count). The van der Waals surface area contributed by atoms with Crippen LogP contribution in [0.5, 0.6) is 0 Å². The van der Waals surface area contributed by atoms with Crippen LogP contribution in [0.15, 0.2) is 94.1 Å². The summed E-state index contributed by atoms with van der Waals surface area (Å²) in [6.07, 6.45) is 0.866. The normalized spacial score (nSPS) is 23.2. The SMILES string of the molecule is CC1(C)CC(=O)C2=C(C1)N(c1ccc(Br)cc1)C(=O)C21C2=C(Nc3ccccc31)c1ccccc1C2=O. The highest BCUT2D eigenvalue weighted by Gasteiger charge is 2.65. The molecule has 4 aliphatic rings. The Morgan fingerprint density at radius 1 is 0.811 bits per heavy atom. The number of anilines is 2. The van der Waals surface area contributed by atoms with Crippen LogP contribution in [0.3, 0.4) is 0 Å². The highest BCUT2D eigenvalue weighted by molar-refractivity contribution is 9.10. The number of carbonyl (C=O) groups is 3. The highest BCUT2D eigenvalue weighted by atomic mass is 79.9. The van der Waals surface area contributed by atoms with Crippen molar-refractivity contribution in [3.63, 3.8) is 0 Å². The molecule has 0 bridgehead atoms. The Hall–Kier alpha value is -3.77. The lowest BCUT2D eigenvalue weighted by atomic mass is 9.61. The van der Waals surface area contributed by atoms with Gasteiger partial charge in [0.15, 0.2) is 11.6 Å². The molecule has 0 saturated heterocycles. The molecule has 3 aromatic rings. The Balaban J connectivity index is 1.60. The second-order valence-corrected chi connectivity index (χ2v) is 11.8. The lowest BCUT2D eigenvalue weighted by Gasteiger charge is -2.39. The fourth-order valence-corrected chi connectivity index (χ4v) is 6.87. The Morgan fingerprint density at radius 3 is 2.24 bits per heavy atom. The minimum atomic E-state index is -1.51. The molecule has 0 fully saturated rings. The summed E-state index contributed by atoms with van der Waals surface area (Å²) in [7, 11) is 0. The van der Waals surface area contributed by atoms with E-state index in [1.807, 2.05) is 66.7 Å². The summed E-state index contributed by atoms with van der Waals surface area (Å²) in [5.41, 5.74) is 3.68. The maximum absolute atomic E-state index is 15.0. The van der Waals surface area contributed by atoms with E-state index in [0.717, 1.165) is 15.7 Å². The van der Waals surface area contributed by atoms with Crippen molar-refractivity contribution in [1.29, 1.82) is 0 Å². The topological polar surface area (TPSA) is 66.5 Å². The van der Waals surface area contributed by atoms with Gasteiger partial charge in [0, 0.05) is 55.8 Å². The van der Waals surface area contributed by atoms with Gasteiger partial charge < -0.3 is 5.32 Å². The van der Waals surface area contributed by atoms with Gasteiger partial charge in [0.1, 0.15) is 5.41 Å². The number of rotatable bonds is 1. The number of fused-ring (bicyclic) bond motifs is 6. The molecule has 1 amide bonds. The standard InChI is InChI=1S/C31H23BrN2O3/c1-30(2)15-23-25(24(35)16-30)31(29(37)34(23)18-13-11-17(32)12-14-18)21-9-5-6-10-22(21)33-27-19-7-3-4-8-20(19)28(36)26(27)31/h3-14,33H,15-16H2,1-2H3. The molecule has 0 radical (unpaired) electrons. The number of allylic oxidation sites excluding steroid dienone is 1. The number of nitrogens with one attached hydrogen (secondary N) is 1. The molecule has 2 heterocycles. The van der Waals surface area contributed by atoms with Gasteiger partial charge in [-0.1, -0.05) is 72.2 Å². The number of para-hydroxylation sites is 1. The zero-order valence-electron chi connectivity index (χ0n) is 20.4. The average molecular weight is 551 g/mol. The van der Waals surface area contributed by atoms with Crippen molar-refractivity contribution in [3.05, 3.63) is 111 Å². The van der Waals surface area contributed by atoms with Gasteiger partial charge >= 0.3 is 0 Å². The van der Waals surface area contributed by atoms with E-state index in [1.165, 1.54) is 0 Å². The molecular weight excluding hydrogens is 528 g/mol. The summed E-state index contributed by atoms with van der Waals surface area (Å²) in [6, 6.07) is 22.5. The van der Waals surface area contributed by atoms with E-state index >= 15 is 0 Å². The third-order valence-electron chi connectivity index (χ3n) is 7.99. The summed E-state index contributed by atoms with van der Waals surface area (Å²) in [5.74, 6) is -0.553. The minimum Gasteiger partial charge on any atom is -0.354 e. The van der Waals surface area contributed by atoms with Gasteiger partial charge in [-0.3, -0.25) is 19.3 Å². The van der Waals surface area contributed by atoms with Crippen LogP contribution in [0.25, 0.3) is 5.70 Å². The van der Waals surface area contributed by atoms with Gasteiger partial charge in [-0.25, -0.2) is 0 Å². The van der Waals surface area contributed by atoms with Gasteiger partial charge in [0.05, 0.1) is 5.70 Å². The van der Waals surface area contributed by atoms with Gasteiger partial charge in [-0.2, -0.15) is 0 Å². The fourth-order valence-electron chi connectivity index (χ4n) is 6.60. The van der Waals surface area contributed by atoms with Crippen molar-refractivity contribution < 1.29 is 14.4 Å². The van der Waals surface area contributed by atoms with Crippen molar-refractivity contribution in [3.8, 4) is 0 Å². The fraction of sp³-hybridized carbons (Fsp3) is 0.194. The van der Waals surface area contributed by atoms with Crippen molar-refractivity contribution in [2.45, 2.75) is 32.1 Å². The molecule has 0 aromatic heterocycles. The quantitative estimate of drug-likeness (QED) is 0.380. The van der Waals surface area contributed by atoms with E-state index in [1.54, 1.807) is 11.0 Å². The number of ketones is 2. The number of hydrogen-bond acceptors (Lipinski definition) is 4. The lowest BCUT2D eigenvalue weighted by Crippen LogP contribution is -2.47. The lowest BCUT2D eigenvalue weighted by molar-refractivity contribution is -0.123. The number of benzene rings is 3. The molecule has 0 saturated carbocycles. The first-order chi connectivity index (χ1) is 17.7. The largest absolute Gasteiger partial charge is 0.354 e. The molecule has 1 N–H and O–H groups in total. The van der Waals surface area contributed by atoms with Crippen LogP contribution in [0.4, 0.5) is 11.4 Å². The van der Waals surface area contributed by atoms with Crippen LogP contribution in [0.1, 0.15) is 48.2 Å². The predicted octanol–water partition coefficient (Wildman–Crippen LogP) is 6.41. The molecule has 5 nitrogen and oxygen atoms in total. The Morgan fingerprint density at radius 2 is 1.49 bits per heavy atom. The van der Waals surface area contributed by atoms with E-state index in [2.05, 4.69) is 35.1 Å². The maximum atomic E-state index is 15.0. The molecule has 6 heteroatoms.